The van der Waals surface area contributed by atoms with Crippen molar-refractivity contribution in [3.63, 3.8) is 0 Å². The van der Waals surface area contributed by atoms with Crippen molar-refractivity contribution in [3.8, 4) is 0 Å². The van der Waals surface area contributed by atoms with Crippen LogP contribution in [-0.2, 0) is 0 Å². The summed E-state index contributed by atoms with van der Waals surface area (Å²) < 4.78 is 0. The fourth-order valence-corrected chi connectivity index (χ4v) is 2.42. The Balaban J connectivity index is 1.97. The molecule has 1 aliphatic carbocycles. The number of nitrogens with one attached hydrogen (secondary N) is 1. The molecule has 0 saturated carbocycles. The Bertz CT molecular complexity index is 833. The Morgan fingerprint density at radius 2 is 2.14 bits per heavy atom. The van der Waals surface area contributed by atoms with Gasteiger partial charge in [-0.1, -0.05) is 17.7 Å². The van der Waals surface area contributed by atoms with E-state index in [-0.39, 0.29) is 5.56 Å². The lowest BCUT2D eigenvalue weighted by molar-refractivity contribution is 0.0697. The first-order chi connectivity index (χ1) is 10.1. The summed E-state index contributed by atoms with van der Waals surface area (Å²) in [6.07, 6.45) is 5.25. The third-order valence-electron chi connectivity index (χ3n) is 3.17. The molecule has 2 N–H and O–H groups in total. The second-order valence-electron chi connectivity index (χ2n) is 4.64. The number of halogens is 1. The van der Waals surface area contributed by atoms with Crippen LogP contribution in [0.5, 0.6) is 0 Å². The van der Waals surface area contributed by atoms with E-state index in [4.69, 9.17) is 16.7 Å². The second kappa shape index (κ2) is 5.54. The monoisotopic (exact) mass is 301 g/mol. The van der Waals surface area contributed by atoms with Crippen LogP contribution in [0.15, 0.2) is 30.5 Å². The lowest BCUT2D eigenvalue weighted by Crippen LogP contribution is -2.32. The molecule has 0 fully saturated rings. The quantitative estimate of drug-likeness (QED) is 0.905. The molecular formula is C15H12ClN3O2. The number of nitrogens with zero attached hydrogens (tertiary/aromatic N) is 2. The van der Waals surface area contributed by atoms with Crippen molar-refractivity contribution in [2.24, 2.45) is 0 Å². The Hall–Kier alpha value is -2.40. The molecule has 0 bridgehead atoms. The highest BCUT2D eigenvalue weighted by atomic mass is 35.5. The highest BCUT2D eigenvalue weighted by molar-refractivity contribution is 6.45. The van der Waals surface area contributed by atoms with E-state index >= 15 is 0 Å². The van der Waals surface area contributed by atoms with Gasteiger partial charge in [0.25, 0.3) is 0 Å². The number of fused-ring (bicyclic) bond motifs is 1. The van der Waals surface area contributed by atoms with E-state index in [1.807, 2.05) is 12.1 Å². The fraction of sp³-hybridized carbons (Fsp3) is 0.133. The van der Waals surface area contributed by atoms with Crippen molar-refractivity contribution in [3.05, 3.63) is 46.6 Å². The number of hydrogen-bond donors (Lipinski definition) is 2. The largest absolute Gasteiger partial charge is 0.478 e. The maximum atomic E-state index is 10.9. The Morgan fingerprint density at radius 1 is 1.29 bits per heavy atom. The molecule has 2 heterocycles. The summed E-state index contributed by atoms with van der Waals surface area (Å²) in [6.45, 7) is 0. The molecule has 0 atom stereocenters. The second-order valence-corrected chi connectivity index (χ2v) is 5.10. The molecule has 0 aromatic carbocycles. The molecule has 2 aromatic rings. The Labute approximate surface area is 125 Å². The van der Waals surface area contributed by atoms with E-state index in [2.05, 4.69) is 21.4 Å². The van der Waals surface area contributed by atoms with Crippen LogP contribution in [-0.4, -0.2) is 21.0 Å². The molecule has 0 radical (unpaired) electrons. The van der Waals surface area contributed by atoms with Gasteiger partial charge in [-0.15, -0.1) is 0 Å². The van der Waals surface area contributed by atoms with Gasteiger partial charge in [0.1, 0.15) is 11.6 Å². The predicted molar refractivity (Wildman–Crippen MR) is 80.9 cm³/mol. The van der Waals surface area contributed by atoms with E-state index in [1.54, 1.807) is 0 Å². The zero-order valence-electron chi connectivity index (χ0n) is 11.0. The number of hydrogen-bond acceptors (Lipinski definition) is 4. The summed E-state index contributed by atoms with van der Waals surface area (Å²) in [4.78, 5) is 19.5. The van der Waals surface area contributed by atoms with Gasteiger partial charge in [0.2, 0.25) is 0 Å². The van der Waals surface area contributed by atoms with Gasteiger partial charge < -0.3 is 10.4 Å². The average Bonchev–Trinajstić information content (AvgIpc) is 2.48. The van der Waals surface area contributed by atoms with Crippen LogP contribution >= 0.6 is 11.6 Å². The average molecular weight is 302 g/mol. The summed E-state index contributed by atoms with van der Waals surface area (Å²) in [5.41, 5.74) is 0.170. The van der Waals surface area contributed by atoms with Crippen LogP contribution in [0, 0.1) is 0 Å². The van der Waals surface area contributed by atoms with Gasteiger partial charge in [0.15, 0.2) is 0 Å². The molecule has 21 heavy (non-hydrogen) atoms. The number of carboxylic acids is 1. The van der Waals surface area contributed by atoms with E-state index < -0.39 is 5.97 Å². The van der Waals surface area contributed by atoms with Gasteiger partial charge >= 0.3 is 5.97 Å². The number of carboxylic acid groups (broad SMARTS) is 1. The topological polar surface area (TPSA) is 75.1 Å². The van der Waals surface area contributed by atoms with Gasteiger partial charge in [-0.25, -0.2) is 14.8 Å². The van der Waals surface area contributed by atoms with Crippen LogP contribution in [0.4, 0.5) is 11.6 Å². The molecule has 0 spiro atoms. The fourth-order valence-electron chi connectivity index (χ4n) is 2.16. The number of pyridine rings is 2. The number of aromatic nitrogens is 2. The lowest BCUT2D eigenvalue weighted by Gasteiger charge is -2.08. The maximum Gasteiger partial charge on any atom is 0.335 e. The van der Waals surface area contributed by atoms with Crippen molar-refractivity contribution >= 4 is 40.3 Å². The highest BCUT2D eigenvalue weighted by Crippen LogP contribution is 2.14. The first-order valence-corrected chi connectivity index (χ1v) is 6.83. The first-order valence-electron chi connectivity index (χ1n) is 6.46. The van der Waals surface area contributed by atoms with Crippen LogP contribution in [0.25, 0.3) is 11.1 Å². The number of rotatable bonds is 3. The normalized spacial score (nSPS) is 13.3. The zero-order chi connectivity index (χ0) is 14.8. The van der Waals surface area contributed by atoms with Crippen LogP contribution < -0.4 is 15.9 Å². The molecular weight excluding hydrogens is 290 g/mol. The zero-order valence-corrected chi connectivity index (χ0v) is 11.8. The van der Waals surface area contributed by atoms with E-state index in [9.17, 15) is 4.79 Å². The van der Waals surface area contributed by atoms with Crippen molar-refractivity contribution in [2.75, 3.05) is 5.32 Å². The summed E-state index contributed by atoms with van der Waals surface area (Å²) in [7, 11) is 0. The third kappa shape index (κ3) is 2.87. The molecule has 1 aliphatic rings. The molecule has 2 aromatic heterocycles. The van der Waals surface area contributed by atoms with Crippen molar-refractivity contribution < 1.29 is 9.90 Å². The molecule has 0 aliphatic heterocycles. The molecule has 0 unspecified atom stereocenters. The van der Waals surface area contributed by atoms with Crippen molar-refractivity contribution in [2.45, 2.75) is 12.8 Å². The van der Waals surface area contributed by atoms with Gasteiger partial charge in [-0.2, -0.15) is 0 Å². The predicted octanol–water partition coefficient (Wildman–Crippen LogP) is 1.84. The minimum Gasteiger partial charge on any atom is -0.478 e. The lowest BCUT2D eigenvalue weighted by atomic mass is 10.1. The minimum atomic E-state index is -0.996. The summed E-state index contributed by atoms with van der Waals surface area (Å²) in [6, 6.07) is 6.65. The van der Waals surface area contributed by atoms with Crippen LogP contribution in [0.2, 0.25) is 0 Å². The van der Waals surface area contributed by atoms with Gasteiger partial charge in [0, 0.05) is 11.2 Å². The van der Waals surface area contributed by atoms with E-state index in [1.165, 1.54) is 18.3 Å². The molecule has 6 heteroatoms. The highest BCUT2D eigenvalue weighted by Gasteiger charge is 2.07. The number of anilines is 2. The molecule has 0 amide bonds. The van der Waals surface area contributed by atoms with Gasteiger partial charge in [-0.05, 0) is 42.3 Å². The van der Waals surface area contributed by atoms with E-state index in [0.717, 1.165) is 28.4 Å². The van der Waals surface area contributed by atoms with Crippen molar-refractivity contribution in [1.82, 2.24) is 9.97 Å². The van der Waals surface area contributed by atoms with Gasteiger partial charge in [-0.3, -0.25) is 0 Å². The maximum absolute atomic E-state index is 10.9. The SMILES string of the molecule is O=C(O)c1ccnc(Nc2ccc3c(n2)=C(Cl)CCC=3)c1. The smallest absolute Gasteiger partial charge is 0.335 e. The Morgan fingerprint density at radius 3 is 2.95 bits per heavy atom. The van der Waals surface area contributed by atoms with Crippen LogP contribution in [0.3, 0.4) is 0 Å². The number of carbonyl (C=O) groups is 1. The minimum absolute atomic E-state index is 0.170. The summed E-state index contributed by atoms with van der Waals surface area (Å²) in [5, 5.41) is 14.5. The standard InChI is InChI=1S/C15H12ClN3O2/c16-11-3-1-2-9-4-5-12(19-14(9)11)18-13-8-10(15(20)21)6-7-17-13/h2,4-8H,1,3H2,(H,20,21)(H,17,18,19). The molecule has 3 rings (SSSR count). The van der Waals surface area contributed by atoms with Crippen LogP contribution in [0.1, 0.15) is 23.2 Å². The Kier molecular flexibility index (Phi) is 3.58. The molecule has 5 nitrogen and oxygen atoms in total. The van der Waals surface area contributed by atoms with E-state index in [0.29, 0.717) is 11.6 Å². The summed E-state index contributed by atoms with van der Waals surface area (Å²) >= 11 is 6.20. The van der Waals surface area contributed by atoms with Crippen molar-refractivity contribution in [1.29, 1.82) is 0 Å². The summed E-state index contributed by atoms with van der Waals surface area (Å²) in [5.74, 6) is 0.0142. The third-order valence-corrected chi connectivity index (χ3v) is 3.54. The number of aromatic carboxylic acids is 1. The molecule has 106 valence electrons. The molecule has 0 saturated heterocycles. The van der Waals surface area contributed by atoms with Gasteiger partial charge in [0.05, 0.1) is 10.9 Å². The first kappa shape index (κ1) is 13.6.